The normalized spacial score (nSPS) is 10.2. The van der Waals surface area contributed by atoms with Crippen molar-refractivity contribution in [2.24, 2.45) is 0 Å². The second-order valence-corrected chi connectivity index (χ2v) is 4.89. The molecule has 0 bridgehead atoms. The molecule has 0 atom stereocenters. The molecular weight excluding hydrogens is 226 g/mol. The summed E-state index contributed by atoms with van der Waals surface area (Å²) in [6, 6.07) is 3.89. The first kappa shape index (κ1) is 8.93. The van der Waals surface area contributed by atoms with Crippen LogP contribution in [0, 0.1) is 0 Å². The molecule has 2 heterocycles. The Morgan fingerprint density at radius 3 is 3.00 bits per heavy atom. The van der Waals surface area contributed by atoms with E-state index in [0.717, 1.165) is 16.0 Å². The number of aromatic nitrogens is 2. The van der Waals surface area contributed by atoms with Gasteiger partial charge >= 0.3 is 0 Å². The van der Waals surface area contributed by atoms with Crippen LogP contribution in [0.5, 0.6) is 0 Å². The molecule has 2 aromatic rings. The lowest BCUT2D eigenvalue weighted by atomic mass is 10.5. The van der Waals surface area contributed by atoms with E-state index in [4.69, 9.17) is 11.6 Å². The highest BCUT2D eigenvalue weighted by Crippen LogP contribution is 2.22. The number of anilines is 1. The van der Waals surface area contributed by atoms with Crippen LogP contribution in [-0.2, 0) is 6.54 Å². The van der Waals surface area contributed by atoms with Crippen molar-refractivity contribution in [3.8, 4) is 0 Å². The van der Waals surface area contributed by atoms with Crippen molar-refractivity contribution < 1.29 is 0 Å². The number of halogens is 1. The van der Waals surface area contributed by atoms with Gasteiger partial charge in [-0.1, -0.05) is 11.6 Å². The van der Waals surface area contributed by atoms with Crippen LogP contribution in [-0.4, -0.2) is 9.36 Å². The smallest absolute Gasteiger partial charge is 0.202 e. The zero-order chi connectivity index (χ0) is 9.10. The Hall–Kier alpha value is -0.650. The minimum atomic E-state index is 0.757. The van der Waals surface area contributed by atoms with Gasteiger partial charge in [0.05, 0.1) is 10.9 Å². The summed E-state index contributed by atoms with van der Waals surface area (Å²) in [6.45, 7) is 0.757. The molecule has 0 aliphatic heterocycles. The number of hydrogen-bond acceptors (Lipinski definition) is 5. The van der Waals surface area contributed by atoms with E-state index >= 15 is 0 Å². The van der Waals surface area contributed by atoms with E-state index in [0.29, 0.717) is 0 Å². The lowest BCUT2D eigenvalue weighted by Gasteiger charge is -1.96. The molecule has 0 spiro atoms. The van der Waals surface area contributed by atoms with E-state index in [9.17, 15) is 0 Å². The molecule has 13 heavy (non-hydrogen) atoms. The van der Waals surface area contributed by atoms with Crippen LogP contribution in [0.25, 0.3) is 0 Å². The minimum Gasteiger partial charge on any atom is -0.355 e. The fourth-order valence-corrected chi connectivity index (χ4v) is 2.31. The average molecular weight is 232 g/mol. The molecule has 0 radical (unpaired) electrons. The highest BCUT2D eigenvalue weighted by Gasteiger charge is 1.99. The number of rotatable bonds is 3. The standard InChI is InChI=1S/C7H6ClN3S2/c8-6-2-1-5(12-6)3-9-7-10-4-11-13-7/h1-2,4H,3H2,(H,9,10,11). The van der Waals surface area contributed by atoms with Crippen LogP contribution in [0.2, 0.25) is 4.34 Å². The van der Waals surface area contributed by atoms with Crippen LogP contribution in [0.4, 0.5) is 5.13 Å². The highest BCUT2D eigenvalue weighted by atomic mass is 35.5. The summed E-state index contributed by atoms with van der Waals surface area (Å²) in [5, 5.41) is 3.99. The van der Waals surface area contributed by atoms with Gasteiger partial charge in [-0.05, 0) is 12.1 Å². The highest BCUT2D eigenvalue weighted by molar-refractivity contribution is 7.16. The average Bonchev–Trinajstić information content (AvgIpc) is 2.71. The van der Waals surface area contributed by atoms with Crippen molar-refractivity contribution in [3.63, 3.8) is 0 Å². The van der Waals surface area contributed by atoms with E-state index in [1.165, 1.54) is 22.7 Å². The van der Waals surface area contributed by atoms with E-state index < -0.39 is 0 Å². The van der Waals surface area contributed by atoms with Crippen molar-refractivity contribution in [2.45, 2.75) is 6.54 Å². The lowest BCUT2D eigenvalue weighted by Crippen LogP contribution is -1.95. The van der Waals surface area contributed by atoms with Crippen LogP contribution in [0.15, 0.2) is 18.5 Å². The summed E-state index contributed by atoms with van der Waals surface area (Å²) in [5.74, 6) is 0. The molecule has 68 valence electrons. The summed E-state index contributed by atoms with van der Waals surface area (Å²) in [7, 11) is 0. The second-order valence-electron chi connectivity index (χ2n) is 2.31. The van der Waals surface area contributed by atoms with Gasteiger partial charge in [0.2, 0.25) is 5.13 Å². The molecule has 2 rings (SSSR count). The number of thiophene rings is 1. The van der Waals surface area contributed by atoms with Gasteiger partial charge in [-0.15, -0.1) is 11.3 Å². The van der Waals surface area contributed by atoms with Gasteiger partial charge in [-0.25, -0.2) is 4.98 Å². The predicted molar refractivity (Wildman–Crippen MR) is 56.6 cm³/mol. The molecule has 6 heteroatoms. The maximum Gasteiger partial charge on any atom is 0.202 e. The fourth-order valence-electron chi connectivity index (χ4n) is 0.860. The molecule has 2 aromatic heterocycles. The first-order chi connectivity index (χ1) is 6.34. The van der Waals surface area contributed by atoms with Crippen molar-refractivity contribution in [2.75, 3.05) is 5.32 Å². The SMILES string of the molecule is Clc1ccc(CNc2ncns2)s1. The van der Waals surface area contributed by atoms with Crippen molar-refractivity contribution in [1.29, 1.82) is 0 Å². The quantitative estimate of drug-likeness (QED) is 0.883. The monoisotopic (exact) mass is 231 g/mol. The van der Waals surface area contributed by atoms with Gasteiger partial charge in [0.1, 0.15) is 6.33 Å². The largest absolute Gasteiger partial charge is 0.355 e. The van der Waals surface area contributed by atoms with Gasteiger partial charge in [-0.2, -0.15) is 4.37 Å². The van der Waals surface area contributed by atoms with Gasteiger partial charge in [-0.3, -0.25) is 0 Å². The van der Waals surface area contributed by atoms with Gasteiger partial charge < -0.3 is 5.32 Å². The fraction of sp³-hybridized carbons (Fsp3) is 0.143. The van der Waals surface area contributed by atoms with Crippen molar-refractivity contribution >= 4 is 39.6 Å². The molecule has 0 amide bonds. The molecular formula is C7H6ClN3S2. The summed E-state index contributed by atoms with van der Waals surface area (Å²) < 4.78 is 4.70. The van der Waals surface area contributed by atoms with Gasteiger partial charge in [0.15, 0.2) is 0 Å². The summed E-state index contributed by atoms with van der Waals surface area (Å²) in [4.78, 5) is 5.20. The van der Waals surface area contributed by atoms with E-state index in [1.54, 1.807) is 11.3 Å². The number of nitrogens with one attached hydrogen (secondary N) is 1. The molecule has 0 aliphatic rings. The maximum atomic E-state index is 5.79. The number of hydrogen-bond donors (Lipinski definition) is 1. The maximum absolute atomic E-state index is 5.79. The van der Waals surface area contributed by atoms with Crippen LogP contribution < -0.4 is 5.32 Å². The summed E-state index contributed by atoms with van der Waals surface area (Å²) in [6.07, 6.45) is 1.54. The van der Waals surface area contributed by atoms with Crippen molar-refractivity contribution in [1.82, 2.24) is 9.36 Å². The van der Waals surface area contributed by atoms with Crippen LogP contribution in [0.1, 0.15) is 4.88 Å². The Morgan fingerprint density at radius 1 is 1.46 bits per heavy atom. The zero-order valence-corrected chi connectivity index (χ0v) is 8.92. The Balaban J connectivity index is 1.93. The number of nitrogens with zero attached hydrogens (tertiary/aromatic N) is 2. The topological polar surface area (TPSA) is 37.8 Å². The van der Waals surface area contributed by atoms with Gasteiger partial charge in [0.25, 0.3) is 0 Å². The molecule has 0 unspecified atom stereocenters. The van der Waals surface area contributed by atoms with Crippen LogP contribution >= 0.6 is 34.5 Å². The molecule has 0 fully saturated rings. The van der Waals surface area contributed by atoms with Crippen LogP contribution in [0.3, 0.4) is 0 Å². The minimum absolute atomic E-state index is 0.757. The molecule has 0 saturated heterocycles. The Labute approximate surface area is 88.6 Å². The summed E-state index contributed by atoms with van der Waals surface area (Å²) in [5.41, 5.74) is 0. The first-order valence-corrected chi connectivity index (χ1v) is 5.56. The van der Waals surface area contributed by atoms with Crippen molar-refractivity contribution in [3.05, 3.63) is 27.7 Å². The third-order valence-electron chi connectivity index (χ3n) is 1.40. The summed E-state index contributed by atoms with van der Waals surface area (Å²) >= 11 is 8.70. The third kappa shape index (κ3) is 2.40. The van der Waals surface area contributed by atoms with E-state index in [-0.39, 0.29) is 0 Å². The Morgan fingerprint density at radius 2 is 2.38 bits per heavy atom. The molecule has 0 aromatic carbocycles. The van der Waals surface area contributed by atoms with E-state index in [1.807, 2.05) is 12.1 Å². The van der Waals surface area contributed by atoms with E-state index in [2.05, 4.69) is 14.7 Å². The first-order valence-electron chi connectivity index (χ1n) is 3.59. The molecule has 0 aliphatic carbocycles. The zero-order valence-electron chi connectivity index (χ0n) is 6.53. The Kier molecular flexibility index (Phi) is 2.77. The lowest BCUT2D eigenvalue weighted by molar-refractivity contribution is 1.17. The predicted octanol–water partition coefficient (Wildman–Crippen LogP) is 2.87. The molecule has 1 N–H and O–H groups in total. The van der Waals surface area contributed by atoms with Gasteiger partial charge in [0, 0.05) is 16.4 Å². The second kappa shape index (κ2) is 4.04. The molecule has 0 saturated carbocycles. The molecule has 3 nitrogen and oxygen atoms in total. The Bertz CT molecular complexity index is 371. The third-order valence-corrected chi connectivity index (χ3v) is 3.26.